The summed E-state index contributed by atoms with van der Waals surface area (Å²) in [6, 6.07) is 4.41. The number of aryl methyl sites for hydroxylation is 2. The molecule has 90 valence electrons. The highest BCUT2D eigenvalue weighted by Gasteiger charge is 2.12. The van der Waals surface area contributed by atoms with Gasteiger partial charge in [0.2, 0.25) is 0 Å². The summed E-state index contributed by atoms with van der Waals surface area (Å²) >= 11 is 1.77. The Kier molecular flexibility index (Phi) is 3.86. The van der Waals surface area contributed by atoms with Gasteiger partial charge in [-0.25, -0.2) is 4.98 Å². The van der Waals surface area contributed by atoms with Crippen molar-refractivity contribution in [1.29, 1.82) is 0 Å². The van der Waals surface area contributed by atoms with Crippen LogP contribution in [0.25, 0.3) is 0 Å². The Morgan fingerprint density at radius 1 is 1.29 bits per heavy atom. The maximum atomic E-state index is 4.46. The summed E-state index contributed by atoms with van der Waals surface area (Å²) in [5, 5.41) is 4.65. The van der Waals surface area contributed by atoms with E-state index in [2.05, 4.69) is 36.1 Å². The van der Waals surface area contributed by atoms with E-state index in [-0.39, 0.29) is 0 Å². The molecule has 0 saturated carbocycles. The lowest BCUT2D eigenvalue weighted by molar-refractivity contribution is 0.579. The number of hydrogen-bond acceptors (Lipinski definition) is 4. The molecule has 0 aliphatic carbocycles. The molecule has 0 bridgehead atoms. The third kappa shape index (κ3) is 3.11. The summed E-state index contributed by atoms with van der Waals surface area (Å²) in [4.78, 5) is 9.80. The second-order valence-corrected chi connectivity index (χ2v) is 5.38. The van der Waals surface area contributed by atoms with E-state index in [1.807, 2.05) is 24.5 Å². The molecule has 2 rings (SSSR count). The molecule has 17 heavy (non-hydrogen) atoms. The average Bonchev–Trinajstić information content (AvgIpc) is 2.67. The van der Waals surface area contributed by atoms with Gasteiger partial charge in [-0.05, 0) is 38.5 Å². The van der Waals surface area contributed by atoms with Gasteiger partial charge in [0.05, 0.1) is 10.7 Å². The Labute approximate surface area is 106 Å². The van der Waals surface area contributed by atoms with Crippen molar-refractivity contribution >= 4 is 11.3 Å². The summed E-state index contributed by atoms with van der Waals surface area (Å²) in [6.07, 6.45) is 3.65. The number of hydrogen-bond donors (Lipinski definition) is 1. The summed E-state index contributed by atoms with van der Waals surface area (Å²) in [6.45, 7) is 7.17. The third-order valence-corrected chi connectivity index (χ3v) is 3.95. The fourth-order valence-corrected chi connectivity index (χ4v) is 2.77. The van der Waals surface area contributed by atoms with Gasteiger partial charge in [-0.2, -0.15) is 0 Å². The molecule has 0 amide bonds. The Bertz CT molecular complexity index is 479. The molecule has 1 atom stereocenters. The van der Waals surface area contributed by atoms with E-state index < -0.39 is 0 Å². The van der Waals surface area contributed by atoms with Crippen LogP contribution in [0.2, 0.25) is 0 Å². The second-order valence-electron chi connectivity index (χ2n) is 4.14. The lowest BCUT2D eigenvalue weighted by Gasteiger charge is -2.12. The van der Waals surface area contributed by atoms with Crippen molar-refractivity contribution in [3.63, 3.8) is 0 Å². The standard InChI is InChI=1S/C13H17N3S/c1-9(13-10(2)16-11(3)17-13)15-8-12-4-6-14-7-5-12/h4-7,9,15H,8H2,1-3H3. The van der Waals surface area contributed by atoms with E-state index in [1.54, 1.807) is 11.3 Å². The molecule has 0 aliphatic heterocycles. The SMILES string of the molecule is Cc1nc(C)c(C(C)NCc2ccncc2)s1. The van der Waals surface area contributed by atoms with Gasteiger partial charge in [0, 0.05) is 29.9 Å². The molecule has 3 nitrogen and oxygen atoms in total. The summed E-state index contributed by atoms with van der Waals surface area (Å²) in [5.41, 5.74) is 2.40. The van der Waals surface area contributed by atoms with Gasteiger partial charge in [-0.15, -0.1) is 11.3 Å². The van der Waals surface area contributed by atoms with E-state index in [4.69, 9.17) is 0 Å². The van der Waals surface area contributed by atoms with Crippen molar-refractivity contribution in [2.45, 2.75) is 33.4 Å². The van der Waals surface area contributed by atoms with Gasteiger partial charge >= 0.3 is 0 Å². The van der Waals surface area contributed by atoms with Crippen LogP contribution in [0, 0.1) is 13.8 Å². The molecule has 4 heteroatoms. The second kappa shape index (κ2) is 5.38. The van der Waals surface area contributed by atoms with Crippen LogP contribution in [0.4, 0.5) is 0 Å². The molecular weight excluding hydrogens is 230 g/mol. The Hall–Kier alpha value is -1.26. The number of nitrogens with one attached hydrogen (secondary N) is 1. The fourth-order valence-electron chi connectivity index (χ4n) is 1.81. The quantitative estimate of drug-likeness (QED) is 0.902. The molecular formula is C13H17N3S. The van der Waals surface area contributed by atoms with Crippen LogP contribution < -0.4 is 5.32 Å². The van der Waals surface area contributed by atoms with Crippen LogP contribution in [0.15, 0.2) is 24.5 Å². The van der Waals surface area contributed by atoms with E-state index >= 15 is 0 Å². The average molecular weight is 247 g/mol. The summed E-state index contributed by atoms with van der Waals surface area (Å²) < 4.78 is 0. The third-order valence-electron chi connectivity index (χ3n) is 2.69. The minimum Gasteiger partial charge on any atom is -0.305 e. The van der Waals surface area contributed by atoms with E-state index in [0.717, 1.165) is 17.2 Å². The number of thiazole rings is 1. The number of rotatable bonds is 4. The minimum absolute atomic E-state index is 0.342. The molecule has 2 aromatic rings. The highest BCUT2D eigenvalue weighted by Crippen LogP contribution is 2.24. The molecule has 0 radical (unpaired) electrons. The zero-order chi connectivity index (χ0) is 12.3. The number of pyridine rings is 1. The van der Waals surface area contributed by atoms with Crippen molar-refractivity contribution in [2.24, 2.45) is 0 Å². The van der Waals surface area contributed by atoms with Gasteiger partial charge in [0.15, 0.2) is 0 Å². The van der Waals surface area contributed by atoms with Crippen LogP contribution in [-0.2, 0) is 6.54 Å². The van der Waals surface area contributed by atoms with Gasteiger partial charge in [0.1, 0.15) is 0 Å². The minimum atomic E-state index is 0.342. The predicted octanol–water partition coefficient (Wildman–Crippen LogP) is 3.01. The molecule has 1 unspecified atom stereocenters. The lowest BCUT2D eigenvalue weighted by atomic mass is 10.2. The first kappa shape index (κ1) is 12.2. The first-order valence-electron chi connectivity index (χ1n) is 5.73. The molecule has 2 heterocycles. The van der Waals surface area contributed by atoms with E-state index in [9.17, 15) is 0 Å². The van der Waals surface area contributed by atoms with Crippen molar-refractivity contribution in [2.75, 3.05) is 0 Å². The molecule has 0 saturated heterocycles. The molecule has 1 N–H and O–H groups in total. The Morgan fingerprint density at radius 3 is 2.59 bits per heavy atom. The Balaban J connectivity index is 1.98. The highest BCUT2D eigenvalue weighted by atomic mass is 32.1. The topological polar surface area (TPSA) is 37.8 Å². The fraction of sp³-hybridized carbons (Fsp3) is 0.385. The van der Waals surface area contributed by atoms with Crippen LogP contribution in [0.3, 0.4) is 0 Å². The normalized spacial score (nSPS) is 12.6. The molecule has 0 aromatic carbocycles. The van der Waals surface area contributed by atoms with Crippen molar-refractivity contribution in [3.8, 4) is 0 Å². The van der Waals surface area contributed by atoms with Crippen LogP contribution in [0.1, 0.15) is 34.1 Å². The smallest absolute Gasteiger partial charge is 0.0900 e. The summed E-state index contributed by atoms with van der Waals surface area (Å²) in [5.74, 6) is 0. The van der Waals surface area contributed by atoms with Crippen molar-refractivity contribution < 1.29 is 0 Å². The van der Waals surface area contributed by atoms with Crippen LogP contribution in [-0.4, -0.2) is 9.97 Å². The maximum Gasteiger partial charge on any atom is 0.0900 e. The number of aromatic nitrogens is 2. The largest absolute Gasteiger partial charge is 0.305 e. The molecule has 0 spiro atoms. The molecule has 0 aliphatic rings. The molecule has 2 aromatic heterocycles. The van der Waals surface area contributed by atoms with Gasteiger partial charge < -0.3 is 5.32 Å². The maximum absolute atomic E-state index is 4.46. The number of nitrogens with zero attached hydrogens (tertiary/aromatic N) is 2. The first-order chi connectivity index (χ1) is 8.16. The first-order valence-corrected chi connectivity index (χ1v) is 6.54. The monoisotopic (exact) mass is 247 g/mol. The highest BCUT2D eigenvalue weighted by molar-refractivity contribution is 7.11. The predicted molar refractivity (Wildman–Crippen MR) is 71.1 cm³/mol. The molecule has 0 fully saturated rings. The van der Waals surface area contributed by atoms with Crippen molar-refractivity contribution in [1.82, 2.24) is 15.3 Å². The zero-order valence-corrected chi connectivity index (χ0v) is 11.2. The summed E-state index contributed by atoms with van der Waals surface area (Å²) in [7, 11) is 0. The van der Waals surface area contributed by atoms with E-state index in [1.165, 1.54) is 10.4 Å². The van der Waals surface area contributed by atoms with E-state index in [0.29, 0.717) is 6.04 Å². The zero-order valence-electron chi connectivity index (χ0n) is 10.4. The van der Waals surface area contributed by atoms with Crippen LogP contribution >= 0.6 is 11.3 Å². The Morgan fingerprint density at radius 2 is 2.00 bits per heavy atom. The van der Waals surface area contributed by atoms with Gasteiger partial charge in [-0.3, -0.25) is 4.98 Å². The van der Waals surface area contributed by atoms with Gasteiger partial charge in [-0.1, -0.05) is 0 Å². The lowest BCUT2D eigenvalue weighted by Crippen LogP contribution is -2.17. The van der Waals surface area contributed by atoms with Crippen molar-refractivity contribution in [3.05, 3.63) is 45.7 Å². The van der Waals surface area contributed by atoms with Crippen LogP contribution in [0.5, 0.6) is 0 Å². The van der Waals surface area contributed by atoms with Gasteiger partial charge in [0.25, 0.3) is 0 Å².